The zero-order valence-corrected chi connectivity index (χ0v) is 12.6. The Morgan fingerprint density at radius 1 is 1.29 bits per heavy atom. The Morgan fingerprint density at radius 2 is 2.05 bits per heavy atom. The molecule has 0 radical (unpaired) electrons. The Hall–Kier alpha value is -2.41. The molecule has 0 aliphatic rings. The lowest BCUT2D eigenvalue weighted by atomic mass is 10.2. The molecule has 2 aromatic carbocycles. The number of amides is 1. The van der Waals surface area contributed by atoms with E-state index in [0.717, 1.165) is 4.47 Å². The number of nitro groups is 1. The van der Waals surface area contributed by atoms with Crippen molar-refractivity contribution >= 4 is 33.2 Å². The quantitative estimate of drug-likeness (QED) is 0.674. The van der Waals surface area contributed by atoms with Gasteiger partial charge in [0.05, 0.1) is 17.7 Å². The molecule has 1 N–H and O–H groups in total. The van der Waals surface area contributed by atoms with Crippen LogP contribution in [0, 0.1) is 10.1 Å². The molecule has 0 unspecified atom stereocenters. The zero-order chi connectivity index (χ0) is 15.4. The average molecular weight is 351 g/mol. The van der Waals surface area contributed by atoms with Crippen molar-refractivity contribution in [2.45, 2.75) is 0 Å². The van der Waals surface area contributed by atoms with Crippen molar-refractivity contribution in [2.24, 2.45) is 0 Å². The summed E-state index contributed by atoms with van der Waals surface area (Å²) in [5, 5.41) is 13.4. The zero-order valence-electron chi connectivity index (χ0n) is 11.0. The molecular formula is C14H11BrN2O4. The molecule has 0 spiro atoms. The summed E-state index contributed by atoms with van der Waals surface area (Å²) in [6.07, 6.45) is 0. The van der Waals surface area contributed by atoms with E-state index in [-0.39, 0.29) is 11.3 Å². The Bertz CT molecular complexity index is 703. The van der Waals surface area contributed by atoms with E-state index in [4.69, 9.17) is 4.74 Å². The van der Waals surface area contributed by atoms with Gasteiger partial charge in [-0.25, -0.2) is 0 Å². The van der Waals surface area contributed by atoms with Crippen LogP contribution in [0.15, 0.2) is 46.9 Å². The van der Waals surface area contributed by atoms with Crippen LogP contribution in [0.25, 0.3) is 0 Å². The van der Waals surface area contributed by atoms with Crippen LogP contribution in [0.1, 0.15) is 10.4 Å². The number of nitro benzene ring substituents is 1. The second-order valence-electron chi connectivity index (χ2n) is 4.11. The van der Waals surface area contributed by atoms with Gasteiger partial charge in [0, 0.05) is 22.2 Å². The van der Waals surface area contributed by atoms with Gasteiger partial charge >= 0.3 is 0 Å². The number of rotatable bonds is 4. The molecule has 0 aliphatic carbocycles. The molecule has 0 fully saturated rings. The van der Waals surface area contributed by atoms with Gasteiger partial charge < -0.3 is 10.1 Å². The second kappa shape index (κ2) is 6.36. The van der Waals surface area contributed by atoms with Crippen LogP contribution in [-0.4, -0.2) is 17.9 Å². The summed E-state index contributed by atoms with van der Waals surface area (Å²) in [6.45, 7) is 0. The Kier molecular flexibility index (Phi) is 4.54. The highest BCUT2D eigenvalue weighted by Gasteiger charge is 2.13. The minimum atomic E-state index is -0.545. The number of carbonyl (C=O) groups is 1. The molecule has 7 heteroatoms. The predicted molar refractivity (Wildman–Crippen MR) is 81.7 cm³/mol. The normalized spacial score (nSPS) is 10.0. The molecular weight excluding hydrogens is 340 g/mol. The maximum Gasteiger partial charge on any atom is 0.270 e. The van der Waals surface area contributed by atoms with Crippen LogP contribution < -0.4 is 10.1 Å². The molecule has 0 aliphatic heterocycles. The topological polar surface area (TPSA) is 81.5 Å². The standard InChI is InChI=1S/C14H11BrN2O4/c1-21-13-6-5-10(15)8-12(13)16-14(18)9-3-2-4-11(7-9)17(19)20/h2-8H,1H3,(H,16,18). The number of methoxy groups -OCH3 is 1. The number of non-ortho nitro benzene ring substituents is 1. The number of carbonyl (C=O) groups excluding carboxylic acids is 1. The van der Waals surface area contributed by atoms with E-state index in [1.54, 1.807) is 18.2 Å². The molecule has 1 amide bonds. The van der Waals surface area contributed by atoms with Gasteiger partial charge in [-0.2, -0.15) is 0 Å². The predicted octanol–water partition coefficient (Wildman–Crippen LogP) is 3.62. The van der Waals surface area contributed by atoms with E-state index < -0.39 is 10.8 Å². The summed E-state index contributed by atoms with van der Waals surface area (Å²) in [6, 6.07) is 10.7. The van der Waals surface area contributed by atoms with Crippen LogP contribution in [-0.2, 0) is 0 Å². The van der Waals surface area contributed by atoms with Crippen LogP contribution >= 0.6 is 15.9 Å². The molecule has 0 saturated carbocycles. The van der Waals surface area contributed by atoms with Crippen LogP contribution in [0.2, 0.25) is 0 Å². The molecule has 21 heavy (non-hydrogen) atoms. The largest absolute Gasteiger partial charge is 0.495 e. The molecule has 0 aromatic heterocycles. The van der Waals surface area contributed by atoms with Crippen molar-refractivity contribution in [3.8, 4) is 5.75 Å². The first-order valence-electron chi connectivity index (χ1n) is 5.90. The highest BCUT2D eigenvalue weighted by molar-refractivity contribution is 9.10. The number of hydrogen-bond acceptors (Lipinski definition) is 4. The molecule has 0 bridgehead atoms. The number of anilines is 1. The van der Waals surface area contributed by atoms with Crippen molar-refractivity contribution in [3.63, 3.8) is 0 Å². The van der Waals surface area contributed by atoms with Crippen molar-refractivity contribution in [2.75, 3.05) is 12.4 Å². The monoisotopic (exact) mass is 350 g/mol. The first-order chi connectivity index (χ1) is 10.0. The number of hydrogen-bond donors (Lipinski definition) is 1. The van der Waals surface area contributed by atoms with Crippen molar-refractivity contribution in [1.82, 2.24) is 0 Å². The summed E-state index contributed by atoms with van der Waals surface area (Å²) in [5.74, 6) is 0.0482. The lowest BCUT2D eigenvalue weighted by Crippen LogP contribution is -2.12. The fourth-order valence-corrected chi connectivity index (χ4v) is 2.09. The van der Waals surface area contributed by atoms with Gasteiger partial charge in [0.1, 0.15) is 5.75 Å². The average Bonchev–Trinajstić information content (AvgIpc) is 2.47. The molecule has 0 atom stereocenters. The smallest absolute Gasteiger partial charge is 0.270 e. The third kappa shape index (κ3) is 3.57. The van der Waals surface area contributed by atoms with Gasteiger partial charge in [0.2, 0.25) is 0 Å². The van der Waals surface area contributed by atoms with E-state index in [1.165, 1.54) is 31.4 Å². The third-order valence-electron chi connectivity index (χ3n) is 2.73. The van der Waals surface area contributed by atoms with E-state index in [1.807, 2.05) is 0 Å². The highest BCUT2D eigenvalue weighted by atomic mass is 79.9. The number of nitrogens with one attached hydrogen (secondary N) is 1. The minimum Gasteiger partial charge on any atom is -0.495 e. The Labute approximate surface area is 129 Å². The van der Waals surface area contributed by atoms with E-state index >= 15 is 0 Å². The molecule has 0 heterocycles. The first kappa shape index (κ1) is 15.0. The second-order valence-corrected chi connectivity index (χ2v) is 5.02. The molecule has 2 rings (SSSR count). The fraction of sp³-hybridized carbons (Fsp3) is 0.0714. The summed E-state index contributed by atoms with van der Waals surface area (Å²) < 4.78 is 5.93. The van der Waals surface area contributed by atoms with Gasteiger partial charge in [-0.3, -0.25) is 14.9 Å². The molecule has 6 nitrogen and oxygen atoms in total. The van der Waals surface area contributed by atoms with Gasteiger partial charge in [-0.05, 0) is 24.3 Å². The number of halogens is 1. The van der Waals surface area contributed by atoms with Crippen molar-refractivity contribution in [3.05, 3.63) is 62.6 Å². The Morgan fingerprint density at radius 3 is 2.71 bits per heavy atom. The summed E-state index contributed by atoms with van der Waals surface area (Å²) in [4.78, 5) is 22.3. The molecule has 2 aromatic rings. The van der Waals surface area contributed by atoms with Gasteiger partial charge in [0.25, 0.3) is 11.6 Å². The summed E-state index contributed by atoms with van der Waals surface area (Å²) >= 11 is 3.31. The fourth-order valence-electron chi connectivity index (χ4n) is 1.73. The number of ether oxygens (including phenoxy) is 1. The van der Waals surface area contributed by atoms with Crippen LogP contribution in [0.5, 0.6) is 5.75 Å². The van der Waals surface area contributed by atoms with Crippen molar-refractivity contribution in [1.29, 1.82) is 0 Å². The van der Waals surface area contributed by atoms with E-state index in [2.05, 4.69) is 21.2 Å². The van der Waals surface area contributed by atoms with Gasteiger partial charge in [-0.1, -0.05) is 22.0 Å². The maximum atomic E-state index is 12.2. The molecule has 108 valence electrons. The third-order valence-corrected chi connectivity index (χ3v) is 3.22. The van der Waals surface area contributed by atoms with Crippen molar-refractivity contribution < 1.29 is 14.5 Å². The number of nitrogens with zero attached hydrogens (tertiary/aromatic N) is 1. The van der Waals surface area contributed by atoms with Gasteiger partial charge in [-0.15, -0.1) is 0 Å². The van der Waals surface area contributed by atoms with E-state index in [0.29, 0.717) is 11.4 Å². The SMILES string of the molecule is COc1ccc(Br)cc1NC(=O)c1cccc([N+](=O)[O-])c1. The lowest BCUT2D eigenvalue weighted by molar-refractivity contribution is -0.384. The number of benzene rings is 2. The Balaban J connectivity index is 2.28. The minimum absolute atomic E-state index is 0.135. The lowest BCUT2D eigenvalue weighted by Gasteiger charge is -2.10. The van der Waals surface area contributed by atoms with Crippen LogP contribution in [0.4, 0.5) is 11.4 Å². The highest BCUT2D eigenvalue weighted by Crippen LogP contribution is 2.28. The maximum absolute atomic E-state index is 12.2. The summed E-state index contributed by atoms with van der Waals surface area (Å²) in [7, 11) is 1.49. The van der Waals surface area contributed by atoms with Gasteiger partial charge in [0.15, 0.2) is 0 Å². The van der Waals surface area contributed by atoms with E-state index in [9.17, 15) is 14.9 Å². The van der Waals surface area contributed by atoms with Crippen LogP contribution in [0.3, 0.4) is 0 Å². The first-order valence-corrected chi connectivity index (χ1v) is 6.70. The summed E-state index contributed by atoms with van der Waals surface area (Å²) in [5.41, 5.74) is 0.540. The molecule has 0 saturated heterocycles.